The molecule has 0 fully saturated rings. The molecule has 1 aromatic rings. The Kier molecular flexibility index (Phi) is 8.18. The van der Waals surface area contributed by atoms with Gasteiger partial charge >= 0.3 is 5.97 Å². The summed E-state index contributed by atoms with van der Waals surface area (Å²) in [6, 6.07) is 1.97. The summed E-state index contributed by atoms with van der Waals surface area (Å²) < 4.78 is 5.61. The Balaban J connectivity index is 2.14. The van der Waals surface area contributed by atoms with Gasteiger partial charge in [-0.05, 0) is 29.5 Å². The van der Waals surface area contributed by atoms with Crippen molar-refractivity contribution in [1.29, 1.82) is 0 Å². The molecule has 0 unspecified atom stereocenters. The Morgan fingerprint density at radius 2 is 2.16 bits per heavy atom. The van der Waals surface area contributed by atoms with E-state index in [4.69, 9.17) is 9.84 Å². The highest BCUT2D eigenvalue weighted by molar-refractivity contribution is 7.10. The number of aliphatic carboxylic acids is 1. The average molecular weight is 282 g/mol. The molecule has 0 radical (unpaired) electrons. The quantitative estimate of drug-likeness (QED) is 0.513. The van der Waals surface area contributed by atoms with Crippen LogP contribution in [0.4, 0.5) is 0 Å². The molecular weight excluding hydrogens is 260 g/mol. The number of carboxylic acids is 1. The largest absolute Gasteiger partial charge is 0.478 e. The van der Waals surface area contributed by atoms with E-state index in [1.165, 1.54) is 25.7 Å². The molecule has 0 saturated carbocycles. The summed E-state index contributed by atoms with van der Waals surface area (Å²) in [5, 5.41) is 10.5. The highest BCUT2D eigenvalue weighted by Crippen LogP contribution is 2.17. The molecule has 106 valence electrons. The van der Waals surface area contributed by atoms with E-state index < -0.39 is 5.97 Å². The van der Waals surface area contributed by atoms with E-state index in [-0.39, 0.29) is 0 Å². The van der Waals surface area contributed by atoms with Crippen LogP contribution < -0.4 is 0 Å². The Bertz CT molecular complexity index is 396. The second-order valence-electron chi connectivity index (χ2n) is 4.48. The van der Waals surface area contributed by atoms with Crippen LogP contribution >= 0.6 is 11.3 Å². The van der Waals surface area contributed by atoms with Crippen LogP contribution in [0.15, 0.2) is 17.5 Å². The normalized spacial score (nSPS) is 11.2. The van der Waals surface area contributed by atoms with Gasteiger partial charge in [0.1, 0.15) is 0 Å². The summed E-state index contributed by atoms with van der Waals surface area (Å²) in [4.78, 5) is 11.5. The second-order valence-corrected chi connectivity index (χ2v) is 5.48. The summed E-state index contributed by atoms with van der Waals surface area (Å²) >= 11 is 1.60. The lowest BCUT2D eigenvalue weighted by Crippen LogP contribution is -1.93. The first-order valence-electron chi connectivity index (χ1n) is 6.78. The molecule has 0 amide bonds. The van der Waals surface area contributed by atoms with Crippen molar-refractivity contribution < 1.29 is 14.6 Å². The standard InChI is InChI=1S/C15H22O3S/c1-2-3-4-5-6-9-18-11-14-10-13(12-19-14)7-8-15(16)17/h7-8,10,12H,2-6,9,11H2,1H3,(H,16,17). The van der Waals surface area contributed by atoms with Gasteiger partial charge in [-0.3, -0.25) is 0 Å². The molecule has 0 atom stereocenters. The van der Waals surface area contributed by atoms with Crippen LogP contribution in [-0.4, -0.2) is 17.7 Å². The Morgan fingerprint density at radius 3 is 2.89 bits per heavy atom. The van der Waals surface area contributed by atoms with Gasteiger partial charge in [0.05, 0.1) is 6.61 Å². The lowest BCUT2D eigenvalue weighted by molar-refractivity contribution is -0.131. The predicted octanol–water partition coefficient (Wildman–Crippen LogP) is 4.33. The van der Waals surface area contributed by atoms with Gasteiger partial charge in [0.25, 0.3) is 0 Å². The molecule has 0 aliphatic heterocycles. The Labute approximate surface area is 118 Å². The molecule has 1 aromatic heterocycles. The van der Waals surface area contributed by atoms with E-state index >= 15 is 0 Å². The van der Waals surface area contributed by atoms with Crippen molar-refractivity contribution in [2.24, 2.45) is 0 Å². The smallest absolute Gasteiger partial charge is 0.328 e. The molecular formula is C15H22O3S. The van der Waals surface area contributed by atoms with Crippen molar-refractivity contribution in [3.05, 3.63) is 28.0 Å². The lowest BCUT2D eigenvalue weighted by atomic mass is 10.2. The van der Waals surface area contributed by atoms with Crippen LogP contribution in [0.3, 0.4) is 0 Å². The third-order valence-corrected chi connectivity index (χ3v) is 3.66. The third kappa shape index (κ3) is 7.80. The van der Waals surface area contributed by atoms with Gasteiger partial charge < -0.3 is 9.84 Å². The topological polar surface area (TPSA) is 46.5 Å². The number of hydrogen-bond donors (Lipinski definition) is 1. The molecule has 4 heteroatoms. The van der Waals surface area contributed by atoms with E-state index in [1.54, 1.807) is 17.4 Å². The van der Waals surface area contributed by atoms with E-state index in [0.717, 1.165) is 29.5 Å². The fourth-order valence-electron chi connectivity index (χ4n) is 1.71. The number of hydrogen-bond acceptors (Lipinski definition) is 3. The first-order chi connectivity index (χ1) is 9.22. The second kappa shape index (κ2) is 9.75. The molecule has 1 heterocycles. The van der Waals surface area contributed by atoms with Crippen LogP contribution in [0, 0.1) is 0 Å². The Hall–Kier alpha value is -1.13. The molecule has 19 heavy (non-hydrogen) atoms. The average Bonchev–Trinajstić information content (AvgIpc) is 2.83. The van der Waals surface area contributed by atoms with Gasteiger partial charge in [-0.2, -0.15) is 0 Å². The fourth-order valence-corrected chi connectivity index (χ4v) is 2.50. The third-order valence-electron chi connectivity index (χ3n) is 2.73. The molecule has 0 spiro atoms. The van der Waals surface area contributed by atoms with Gasteiger partial charge in [0.15, 0.2) is 0 Å². The van der Waals surface area contributed by atoms with E-state index in [9.17, 15) is 4.79 Å². The number of carbonyl (C=O) groups is 1. The van der Waals surface area contributed by atoms with Gasteiger partial charge in [0.2, 0.25) is 0 Å². The zero-order valence-electron chi connectivity index (χ0n) is 11.4. The monoisotopic (exact) mass is 282 g/mol. The molecule has 0 bridgehead atoms. The van der Waals surface area contributed by atoms with Gasteiger partial charge in [-0.15, -0.1) is 11.3 Å². The minimum absolute atomic E-state index is 0.624. The summed E-state index contributed by atoms with van der Waals surface area (Å²) in [5.74, 6) is -0.920. The molecule has 1 N–H and O–H groups in total. The minimum Gasteiger partial charge on any atom is -0.478 e. The predicted molar refractivity (Wildman–Crippen MR) is 79.4 cm³/mol. The lowest BCUT2D eigenvalue weighted by Gasteiger charge is -2.02. The molecule has 3 nitrogen and oxygen atoms in total. The fraction of sp³-hybridized carbons (Fsp3) is 0.533. The summed E-state index contributed by atoms with van der Waals surface area (Å²) in [5.41, 5.74) is 0.925. The van der Waals surface area contributed by atoms with E-state index in [0.29, 0.717) is 6.61 Å². The van der Waals surface area contributed by atoms with E-state index in [2.05, 4.69) is 6.92 Å². The Morgan fingerprint density at radius 1 is 1.37 bits per heavy atom. The number of thiophene rings is 1. The van der Waals surface area contributed by atoms with Crippen molar-refractivity contribution in [3.8, 4) is 0 Å². The van der Waals surface area contributed by atoms with Crippen LogP contribution in [0.25, 0.3) is 6.08 Å². The van der Waals surface area contributed by atoms with Gasteiger partial charge in [-0.25, -0.2) is 4.79 Å². The van der Waals surface area contributed by atoms with Crippen molar-refractivity contribution in [1.82, 2.24) is 0 Å². The molecule has 0 aliphatic carbocycles. The summed E-state index contributed by atoms with van der Waals surface area (Å²) in [6.45, 7) is 3.64. The SMILES string of the molecule is CCCCCCCOCc1cc(C=CC(=O)O)cs1. The van der Waals surface area contributed by atoms with Gasteiger partial charge in [0, 0.05) is 17.6 Å². The highest BCUT2D eigenvalue weighted by Gasteiger charge is 1.98. The first kappa shape index (κ1) is 15.9. The summed E-state index contributed by atoms with van der Waals surface area (Å²) in [6.07, 6.45) is 8.99. The molecule has 0 aliphatic rings. The van der Waals surface area contributed by atoms with Crippen molar-refractivity contribution >= 4 is 23.4 Å². The maximum absolute atomic E-state index is 10.4. The number of carboxylic acid groups (broad SMARTS) is 1. The number of rotatable bonds is 10. The minimum atomic E-state index is -0.920. The summed E-state index contributed by atoms with van der Waals surface area (Å²) in [7, 11) is 0. The zero-order valence-corrected chi connectivity index (χ0v) is 12.2. The number of ether oxygens (including phenoxy) is 1. The number of unbranched alkanes of at least 4 members (excludes halogenated alkanes) is 4. The van der Waals surface area contributed by atoms with Crippen molar-refractivity contribution in [2.45, 2.75) is 45.6 Å². The van der Waals surface area contributed by atoms with E-state index in [1.807, 2.05) is 11.4 Å². The maximum Gasteiger partial charge on any atom is 0.328 e. The molecule has 1 rings (SSSR count). The first-order valence-corrected chi connectivity index (χ1v) is 7.66. The highest BCUT2D eigenvalue weighted by atomic mass is 32.1. The maximum atomic E-state index is 10.4. The zero-order chi connectivity index (χ0) is 13.9. The molecule has 0 saturated heterocycles. The van der Waals surface area contributed by atoms with Crippen LogP contribution in [0.2, 0.25) is 0 Å². The van der Waals surface area contributed by atoms with Crippen LogP contribution in [-0.2, 0) is 16.1 Å². The van der Waals surface area contributed by atoms with Crippen molar-refractivity contribution in [2.75, 3.05) is 6.61 Å². The van der Waals surface area contributed by atoms with Gasteiger partial charge in [-0.1, -0.05) is 32.6 Å². The van der Waals surface area contributed by atoms with Crippen LogP contribution in [0.1, 0.15) is 49.5 Å². The van der Waals surface area contributed by atoms with Crippen molar-refractivity contribution in [3.63, 3.8) is 0 Å². The molecule has 0 aromatic carbocycles. The van der Waals surface area contributed by atoms with Crippen LogP contribution in [0.5, 0.6) is 0 Å².